The van der Waals surface area contributed by atoms with Gasteiger partial charge in [-0.3, -0.25) is 14.3 Å². The van der Waals surface area contributed by atoms with Gasteiger partial charge < -0.3 is 9.64 Å². The molecule has 146 valence electrons. The van der Waals surface area contributed by atoms with Gasteiger partial charge in [0.25, 0.3) is 5.56 Å². The van der Waals surface area contributed by atoms with E-state index in [0.29, 0.717) is 30.9 Å². The van der Waals surface area contributed by atoms with Crippen LogP contribution in [0, 0.1) is 0 Å². The van der Waals surface area contributed by atoms with Gasteiger partial charge in [-0.25, -0.2) is 4.79 Å². The molecule has 1 aliphatic heterocycles. The molecular weight excluding hydrogens is 354 g/mol. The second kappa shape index (κ2) is 7.28. The van der Waals surface area contributed by atoms with Gasteiger partial charge >= 0.3 is 5.69 Å². The SMILES string of the molecule is CC1CN(c2[nH]c(=O)n(C)c(=O)c2Cc2ccc3ccccc3c2)CC(C)O1. The van der Waals surface area contributed by atoms with E-state index in [1.54, 1.807) is 0 Å². The maximum absolute atomic E-state index is 13.0. The van der Waals surface area contributed by atoms with Crippen LogP contribution in [0.25, 0.3) is 10.8 Å². The fourth-order valence-corrected chi connectivity index (χ4v) is 4.00. The number of benzene rings is 2. The van der Waals surface area contributed by atoms with Crippen molar-refractivity contribution in [1.82, 2.24) is 9.55 Å². The lowest BCUT2D eigenvalue weighted by Gasteiger charge is -2.37. The van der Waals surface area contributed by atoms with Crippen LogP contribution in [0.2, 0.25) is 0 Å². The van der Waals surface area contributed by atoms with Crippen LogP contribution in [-0.2, 0) is 18.2 Å². The van der Waals surface area contributed by atoms with Crippen LogP contribution in [-0.4, -0.2) is 34.8 Å². The Morgan fingerprint density at radius 2 is 1.71 bits per heavy atom. The number of morpholine rings is 1. The quantitative estimate of drug-likeness (QED) is 0.759. The van der Waals surface area contributed by atoms with Crippen LogP contribution in [0.4, 0.5) is 5.82 Å². The zero-order valence-electron chi connectivity index (χ0n) is 16.4. The third kappa shape index (κ3) is 3.47. The van der Waals surface area contributed by atoms with Gasteiger partial charge in [0.15, 0.2) is 0 Å². The zero-order valence-corrected chi connectivity index (χ0v) is 16.4. The first kappa shape index (κ1) is 18.5. The summed E-state index contributed by atoms with van der Waals surface area (Å²) in [5.41, 5.74) is 1.00. The first-order valence-electron chi connectivity index (χ1n) is 9.62. The maximum Gasteiger partial charge on any atom is 0.329 e. The molecule has 3 aromatic rings. The van der Waals surface area contributed by atoms with Crippen molar-refractivity contribution in [2.24, 2.45) is 7.05 Å². The number of nitrogens with zero attached hydrogens (tertiary/aromatic N) is 2. The van der Waals surface area contributed by atoms with Crippen molar-refractivity contribution in [2.45, 2.75) is 32.5 Å². The summed E-state index contributed by atoms with van der Waals surface area (Å²) in [7, 11) is 1.51. The van der Waals surface area contributed by atoms with Gasteiger partial charge in [-0.15, -0.1) is 0 Å². The summed E-state index contributed by atoms with van der Waals surface area (Å²) in [6, 6.07) is 14.4. The normalized spacial score (nSPS) is 19.9. The minimum absolute atomic E-state index is 0.0322. The molecule has 2 aromatic carbocycles. The minimum Gasteiger partial charge on any atom is -0.372 e. The molecule has 0 amide bonds. The standard InChI is InChI=1S/C22H25N3O3/c1-14-12-25(13-15(2)28-14)20-19(21(26)24(3)22(27)23-20)11-16-8-9-17-6-4-5-7-18(17)10-16/h4-10,14-15H,11-13H2,1-3H3,(H,23,27). The molecule has 2 unspecified atom stereocenters. The lowest BCUT2D eigenvalue weighted by Crippen LogP contribution is -2.48. The molecule has 1 N–H and O–H groups in total. The van der Waals surface area contributed by atoms with Crippen LogP contribution >= 0.6 is 0 Å². The average molecular weight is 379 g/mol. The van der Waals surface area contributed by atoms with Crippen molar-refractivity contribution in [1.29, 1.82) is 0 Å². The molecule has 2 atom stereocenters. The monoisotopic (exact) mass is 379 g/mol. The average Bonchev–Trinajstić information content (AvgIpc) is 2.67. The molecule has 0 aliphatic carbocycles. The van der Waals surface area contributed by atoms with Gasteiger partial charge in [-0.05, 0) is 30.2 Å². The highest BCUT2D eigenvalue weighted by molar-refractivity contribution is 5.83. The summed E-state index contributed by atoms with van der Waals surface area (Å²) >= 11 is 0. The summed E-state index contributed by atoms with van der Waals surface area (Å²) in [5.74, 6) is 0.614. The fraction of sp³-hybridized carbons (Fsp3) is 0.364. The second-order valence-electron chi connectivity index (χ2n) is 7.64. The van der Waals surface area contributed by atoms with Crippen molar-refractivity contribution in [3.63, 3.8) is 0 Å². The van der Waals surface area contributed by atoms with Gasteiger partial charge in [-0.1, -0.05) is 42.5 Å². The Balaban J connectivity index is 1.79. The van der Waals surface area contributed by atoms with Crippen LogP contribution in [0.1, 0.15) is 25.0 Å². The second-order valence-corrected chi connectivity index (χ2v) is 7.64. The molecule has 0 saturated carbocycles. The van der Waals surface area contributed by atoms with Crippen LogP contribution in [0.15, 0.2) is 52.1 Å². The highest BCUT2D eigenvalue weighted by atomic mass is 16.5. The molecule has 1 aliphatic rings. The van der Waals surface area contributed by atoms with Crippen molar-refractivity contribution in [3.05, 3.63) is 74.4 Å². The number of aromatic nitrogens is 2. The van der Waals surface area contributed by atoms with Gasteiger partial charge in [0.1, 0.15) is 5.82 Å². The summed E-state index contributed by atoms with van der Waals surface area (Å²) in [6.07, 6.45) is 0.527. The Hall–Kier alpha value is -2.86. The Labute approximate surface area is 163 Å². The van der Waals surface area contributed by atoms with E-state index in [4.69, 9.17) is 4.74 Å². The molecule has 4 rings (SSSR count). The minimum atomic E-state index is -0.394. The van der Waals surface area contributed by atoms with Crippen molar-refractivity contribution in [3.8, 4) is 0 Å². The van der Waals surface area contributed by atoms with Crippen LogP contribution < -0.4 is 16.1 Å². The highest BCUT2D eigenvalue weighted by Crippen LogP contribution is 2.23. The summed E-state index contributed by atoms with van der Waals surface area (Å²) in [4.78, 5) is 30.3. The smallest absolute Gasteiger partial charge is 0.329 e. The lowest BCUT2D eigenvalue weighted by molar-refractivity contribution is -0.00553. The van der Waals surface area contributed by atoms with E-state index in [0.717, 1.165) is 20.9 Å². The number of rotatable bonds is 3. The molecule has 0 radical (unpaired) electrons. The van der Waals surface area contributed by atoms with Gasteiger partial charge in [0, 0.05) is 26.6 Å². The predicted molar refractivity (Wildman–Crippen MR) is 111 cm³/mol. The van der Waals surface area contributed by atoms with E-state index < -0.39 is 5.69 Å². The third-order valence-corrected chi connectivity index (χ3v) is 5.31. The number of H-pyrrole nitrogens is 1. The molecule has 1 saturated heterocycles. The Morgan fingerprint density at radius 1 is 1.04 bits per heavy atom. The highest BCUT2D eigenvalue weighted by Gasteiger charge is 2.26. The maximum atomic E-state index is 13.0. The topological polar surface area (TPSA) is 67.3 Å². The van der Waals surface area contributed by atoms with E-state index in [9.17, 15) is 9.59 Å². The number of ether oxygens (including phenoxy) is 1. The number of anilines is 1. The molecule has 0 spiro atoms. The fourth-order valence-electron chi connectivity index (χ4n) is 4.00. The molecule has 0 bridgehead atoms. The van der Waals surface area contributed by atoms with E-state index in [1.165, 1.54) is 7.05 Å². The lowest BCUT2D eigenvalue weighted by atomic mass is 10.0. The summed E-state index contributed by atoms with van der Waals surface area (Å²) in [6.45, 7) is 5.28. The zero-order chi connectivity index (χ0) is 19.8. The Bertz CT molecular complexity index is 1120. The molecule has 6 heteroatoms. The number of aromatic amines is 1. The molecule has 1 aromatic heterocycles. The van der Waals surface area contributed by atoms with E-state index in [-0.39, 0.29) is 17.8 Å². The molecular formula is C22H25N3O3. The molecule has 6 nitrogen and oxygen atoms in total. The summed E-state index contributed by atoms with van der Waals surface area (Å²) < 4.78 is 6.96. The van der Waals surface area contributed by atoms with Crippen molar-refractivity contribution in [2.75, 3.05) is 18.0 Å². The van der Waals surface area contributed by atoms with E-state index in [1.807, 2.05) is 32.0 Å². The first-order valence-corrected chi connectivity index (χ1v) is 9.62. The molecule has 1 fully saturated rings. The molecule has 28 heavy (non-hydrogen) atoms. The number of hydrogen-bond acceptors (Lipinski definition) is 4. The number of hydrogen-bond donors (Lipinski definition) is 1. The Morgan fingerprint density at radius 3 is 2.43 bits per heavy atom. The number of nitrogens with one attached hydrogen (secondary N) is 1. The van der Waals surface area contributed by atoms with Crippen molar-refractivity contribution < 1.29 is 4.74 Å². The van der Waals surface area contributed by atoms with Crippen LogP contribution in [0.3, 0.4) is 0 Å². The van der Waals surface area contributed by atoms with Gasteiger partial charge in [-0.2, -0.15) is 0 Å². The summed E-state index contributed by atoms with van der Waals surface area (Å²) in [5, 5.41) is 2.30. The number of fused-ring (bicyclic) bond motifs is 1. The largest absolute Gasteiger partial charge is 0.372 e. The first-order chi connectivity index (χ1) is 13.4. The molecule has 2 heterocycles. The predicted octanol–water partition coefficient (Wildman–Crippen LogP) is 2.43. The van der Waals surface area contributed by atoms with Crippen molar-refractivity contribution >= 4 is 16.6 Å². The Kier molecular flexibility index (Phi) is 4.81. The van der Waals surface area contributed by atoms with Gasteiger partial charge in [0.2, 0.25) is 0 Å². The van der Waals surface area contributed by atoms with E-state index in [2.05, 4.69) is 34.1 Å². The van der Waals surface area contributed by atoms with E-state index >= 15 is 0 Å². The van der Waals surface area contributed by atoms with Gasteiger partial charge in [0.05, 0.1) is 17.8 Å². The van der Waals surface area contributed by atoms with Crippen LogP contribution in [0.5, 0.6) is 0 Å². The third-order valence-electron chi connectivity index (χ3n) is 5.31.